The summed E-state index contributed by atoms with van der Waals surface area (Å²) in [6.45, 7) is 3.00. The van der Waals surface area contributed by atoms with Crippen LogP contribution >= 0.6 is 0 Å². The number of rotatable bonds is 2. The van der Waals surface area contributed by atoms with E-state index < -0.39 is 0 Å². The van der Waals surface area contributed by atoms with Crippen LogP contribution in [0.1, 0.15) is 44.9 Å². The molecule has 1 saturated carbocycles. The summed E-state index contributed by atoms with van der Waals surface area (Å²) < 4.78 is 10.9. The second kappa shape index (κ2) is 5.41. The highest BCUT2D eigenvalue weighted by Gasteiger charge is 2.44. The molecule has 0 bridgehead atoms. The van der Waals surface area contributed by atoms with Gasteiger partial charge in [-0.25, -0.2) is 0 Å². The van der Waals surface area contributed by atoms with Gasteiger partial charge in [-0.2, -0.15) is 0 Å². The largest absolute Gasteiger partial charge is 0.469 e. The molecule has 0 aromatic carbocycles. The molecule has 1 spiro atoms. The van der Waals surface area contributed by atoms with Crippen molar-refractivity contribution < 1.29 is 14.3 Å². The van der Waals surface area contributed by atoms with Gasteiger partial charge in [0.25, 0.3) is 0 Å². The average Bonchev–Trinajstić information content (AvgIpc) is 2.45. The summed E-state index contributed by atoms with van der Waals surface area (Å²) in [7, 11) is 1.49. The van der Waals surface area contributed by atoms with E-state index in [1.807, 2.05) is 0 Å². The molecule has 1 unspecified atom stereocenters. The maximum absolute atomic E-state index is 11.5. The van der Waals surface area contributed by atoms with Crippen molar-refractivity contribution in [2.24, 2.45) is 5.92 Å². The molecule has 19 heavy (non-hydrogen) atoms. The van der Waals surface area contributed by atoms with Crippen molar-refractivity contribution in [1.82, 2.24) is 4.90 Å². The molecule has 2 heterocycles. The first-order valence-corrected chi connectivity index (χ1v) is 7.68. The van der Waals surface area contributed by atoms with Crippen molar-refractivity contribution in [3.8, 4) is 0 Å². The fourth-order valence-electron chi connectivity index (χ4n) is 3.90. The van der Waals surface area contributed by atoms with Crippen LogP contribution in [0.25, 0.3) is 0 Å². The molecular formula is C15H25NO3. The summed E-state index contributed by atoms with van der Waals surface area (Å²) in [5.74, 6) is 0.0980. The number of hydrogen-bond donors (Lipinski definition) is 0. The van der Waals surface area contributed by atoms with Crippen LogP contribution < -0.4 is 0 Å². The van der Waals surface area contributed by atoms with Crippen molar-refractivity contribution in [2.45, 2.75) is 56.6 Å². The minimum Gasteiger partial charge on any atom is -0.469 e. The van der Waals surface area contributed by atoms with Crippen LogP contribution in [0.4, 0.5) is 0 Å². The van der Waals surface area contributed by atoms with Crippen molar-refractivity contribution in [3.05, 3.63) is 0 Å². The number of piperidine rings is 1. The van der Waals surface area contributed by atoms with Crippen LogP contribution in [0.3, 0.4) is 0 Å². The summed E-state index contributed by atoms with van der Waals surface area (Å²) >= 11 is 0. The van der Waals surface area contributed by atoms with E-state index >= 15 is 0 Å². The highest BCUT2D eigenvalue weighted by Crippen LogP contribution is 2.43. The van der Waals surface area contributed by atoms with E-state index in [0.29, 0.717) is 6.04 Å². The van der Waals surface area contributed by atoms with Gasteiger partial charge in [-0.15, -0.1) is 0 Å². The van der Waals surface area contributed by atoms with Crippen LogP contribution in [-0.4, -0.2) is 49.3 Å². The first kappa shape index (κ1) is 13.4. The highest BCUT2D eigenvalue weighted by atomic mass is 16.5. The Kier molecular flexibility index (Phi) is 3.81. The molecule has 3 fully saturated rings. The number of esters is 1. The number of nitrogens with zero attached hydrogens (tertiary/aromatic N) is 1. The van der Waals surface area contributed by atoms with Gasteiger partial charge in [0, 0.05) is 12.6 Å². The van der Waals surface area contributed by atoms with E-state index in [2.05, 4.69) is 4.90 Å². The summed E-state index contributed by atoms with van der Waals surface area (Å²) in [6, 6.07) is 0.674. The van der Waals surface area contributed by atoms with Gasteiger partial charge in [-0.1, -0.05) is 0 Å². The van der Waals surface area contributed by atoms with Crippen LogP contribution in [0.15, 0.2) is 0 Å². The maximum Gasteiger partial charge on any atom is 0.308 e. The number of hydrogen-bond acceptors (Lipinski definition) is 4. The molecule has 2 saturated heterocycles. The lowest BCUT2D eigenvalue weighted by Gasteiger charge is -2.50. The van der Waals surface area contributed by atoms with Gasteiger partial charge in [-0.3, -0.25) is 4.79 Å². The lowest BCUT2D eigenvalue weighted by atomic mass is 9.73. The number of likely N-dealkylation sites (tertiary alicyclic amines) is 1. The number of carbonyl (C=O) groups is 1. The third-order valence-electron chi connectivity index (χ3n) is 5.31. The maximum atomic E-state index is 11.5. The average molecular weight is 267 g/mol. The predicted octanol–water partition coefficient (Wildman–Crippen LogP) is 1.97. The van der Waals surface area contributed by atoms with Gasteiger partial charge in [0.15, 0.2) is 0 Å². The molecule has 4 nitrogen and oxygen atoms in total. The molecule has 0 aromatic rings. The Hall–Kier alpha value is -0.610. The van der Waals surface area contributed by atoms with Gasteiger partial charge in [-0.05, 0) is 58.0 Å². The zero-order valence-electron chi connectivity index (χ0n) is 11.9. The van der Waals surface area contributed by atoms with Gasteiger partial charge < -0.3 is 14.4 Å². The molecule has 3 rings (SSSR count). The monoisotopic (exact) mass is 267 g/mol. The lowest BCUT2D eigenvalue weighted by Crippen LogP contribution is -2.53. The lowest BCUT2D eigenvalue weighted by molar-refractivity contribution is -0.155. The Labute approximate surface area is 115 Å². The van der Waals surface area contributed by atoms with E-state index in [1.54, 1.807) is 0 Å². The molecule has 108 valence electrons. The second-order valence-electron chi connectivity index (χ2n) is 6.37. The number of ether oxygens (including phenoxy) is 2. The Morgan fingerprint density at radius 2 is 2.00 bits per heavy atom. The fourth-order valence-corrected chi connectivity index (χ4v) is 3.90. The van der Waals surface area contributed by atoms with Crippen LogP contribution in [0.5, 0.6) is 0 Å². The molecule has 0 radical (unpaired) electrons. The van der Waals surface area contributed by atoms with Gasteiger partial charge in [0.2, 0.25) is 0 Å². The normalized spacial score (nSPS) is 31.9. The molecule has 1 atom stereocenters. The summed E-state index contributed by atoms with van der Waals surface area (Å²) in [5.41, 5.74) is 0.224. The van der Waals surface area contributed by atoms with Gasteiger partial charge in [0.05, 0.1) is 18.6 Å². The second-order valence-corrected chi connectivity index (χ2v) is 6.37. The fraction of sp³-hybridized carbons (Fsp3) is 0.933. The summed E-state index contributed by atoms with van der Waals surface area (Å²) in [6.07, 6.45) is 8.11. The van der Waals surface area contributed by atoms with E-state index in [4.69, 9.17) is 9.47 Å². The van der Waals surface area contributed by atoms with Gasteiger partial charge >= 0.3 is 5.97 Å². The van der Waals surface area contributed by atoms with Crippen molar-refractivity contribution in [1.29, 1.82) is 0 Å². The predicted molar refractivity (Wildman–Crippen MR) is 71.9 cm³/mol. The minimum atomic E-state index is -0.0258. The Balaban J connectivity index is 1.52. The van der Waals surface area contributed by atoms with E-state index in [-0.39, 0.29) is 17.5 Å². The SMILES string of the molecule is COC(=O)C1CCN(C2CCOC3(CCC3)C2)CC1. The minimum absolute atomic E-state index is 0.0258. The molecule has 2 aliphatic heterocycles. The van der Waals surface area contributed by atoms with E-state index in [0.717, 1.165) is 39.0 Å². The third-order valence-corrected chi connectivity index (χ3v) is 5.31. The number of methoxy groups -OCH3 is 1. The zero-order valence-corrected chi connectivity index (χ0v) is 11.9. The molecule has 0 amide bonds. The Bertz CT molecular complexity index is 332. The van der Waals surface area contributed by atoms with E-state index in [1.165, 1.54) is 32.8 Å². The molecule has 0 N–H and O–H groups in total. The smallest absolute Gasteiger partial charge is 0.308 e. The first-order valence-electron chi connectivity index (χ1n) is 7.68. The quantitative estimate of drug-likeness (QED) is 0.717. The summed E-state index contributed by atoms with van der Waals surface area (Å²) in [4.78, 5) is 14.1. The Morgan fingerprint density at radius 1 is 1.26 bits per heavy atom. The third kappa shape index (κ3) is 2.65. The van der Waals surface area contributed by atoms with Gasteiger partial charge in [0.1, 0.15) is 0 Å². The van der Waals surface area contributed by atoms with E-state index in [9.17, 15) is 4.79 Å². The molecule has 1 aliphatic carbocycles. The van der Waals surface area contributed by atoms with Crippen LogP contribution in [0.2, 0.25) is 0 Å². The Morgan fingerprint density at radius 3 is 2.58 bits per heavy atom. The topological polar surface area (TPSA) is 38.8 Å². The van der Waals surface area contributed by atoms with Crippen LogP contribution in [-0.2, 0) is 14.3 Å². The van der Waals surface area contributed by atoms with Crippen molar-refractivity contribution >= 4 is 5.97 Å². The standard InChI is InChI=1S/C15H25NO3/c1-18-14(17)12-3-8-16(9-4-12)13-5-10-19-15(11-13)6-2-7-15/h12-13H,2-11H2,1H3. The molecule has 3 aliphatic rings. The highest BCUT2D eigenvalue weighted by molar-refractivity contribution is 5.72. The van der Waals surface area contributed by atoms with Crippen LogP contribution in [0, 0.1) is 5.92 Å². The van der Waals surface area contributed by atoms with Crippen molar-refractivity contribution in [2.75, 3.05) is 26.8 Å². The molecular weight excluding hydrogens is 242 g/mol. The van der Waals surface area contributed by atoms with Crippen molar-refractivity contribution in [3.63, 3.8) is 0 Å². The summed E-state index contributed by atoms with van der Waals surface area (Å²) in [5, 5.41) is 0. The first-order chi connectivity index (χ1) is 9.22. The molecule has 4 heteroatoms. The number of carbonyl (C=O) groups excluding carboxylic acids is 1. The zero-order chi connectivity index (χ0) is 13.3. The molecule has 0 aromatic heterocycles.